The van der Waals surface area contributed by atoms with Crippen LogP contribution in [0, 0.1) is 6.92 Å². The van der Waals surface area contributed by atoms with Crippen molar-refractivity contribution in [1.29, 1.82) is 0 Å². The Hall–Kier alpha value is -1.75. The summed E-state index contributed by atoms with van der Waals surface area (Å²) in [5, 5.41) is 12.5. The molecule has 0 atom stereocenters. The second-order valence-electron chi connectivity index (χ2n) is 4.54. The Balaban J connectivity index is 1.70. The zero-order valence-electron chi connectivity index (χ0n) is 10.0. The third kappa shape index (κ3) is 2.41. The van der Waals surface area contributed by atoms with Gasteiger partial charge in [-0.1, -0.05) is 29.0 Å². The van der Waals surface area contributed by atoms with E-state index >= 15 is 0 Å². The van der Waals surface area contributed by atoms with Crippen LogP contribution in [0.15, 0.2) is 24.3 Å². The molecule has 18 heavy (non-hydrogen) atoms. The molecule has 1 aromatic heterocycles. The summed E-state index contributed by atoms with van der Waals surface area (Å²) in [6.07, 6.45) is 2.39. The van der Waals surface area contributed by atoms with Crippen molar-refractivity contribution < 1.29 is 4.79 Å². The number of rotatable bonds is 3. The minimum atomic E-state index is -0.131. The maximum atomic E-state index is 11.9. The summed E-state index contributed by atoms with van der Waals surface area (Å²) in [6, 6.07) is 7.47. The highest BCUT2D eigenvalue weighted by molar-refractivity contribution is 7.15. The van der Waals surface area contributed by atoms with E-state index in [2.05, 4.69) is 15.5 Å². The van der Waals surface area contributed by atoms with E-state index in [-0.39, 0.29) is 5.91 Å². The molecule has 92 valence electrons. The highest BCUT2D eigenvalue weighted by atomic mass is 32.1. The fourth-order valence-corrected chi connectivity index (χ4v) is 2.56. The summed E-state index contributed by atoms with van der Waals surface area (Å²) >= 11 is 1.48. The predicted octanol–water partition coefficient (Wildman–Crippen LogP) is 2.98. The Labute approximate surface area is 109 Å². The Bertz CT molecular complexity index is 572. The molecule has 1 aromatic carbocycles. The maximum absolute atomic E-state index is 11.9. The molecule has 1 aliphatic carbocycles. The summed E-state index contributed by atoms with van der Waals surface area (Å²) in [5.74, 6) is 0.445. The number of benzene rings is 1. The third-order valence-corrected chi connectivity index (χ3v) is 3.90. The van der Waals surface area contributed by atoms with Crippen molar-refractivity contribution >= 4 is 22.4 Å². The molecule has 1 fully saturated rings. The zero-order valence-corrected chi connectivity index (χ0v) is 10.8. The van der Waals surface area contributed by atoms with Crippen molar-refractivity contribution in [1.82, 2.24) is 10.2 Å². The molecule has 1 aliphatic rings. The fourth-order valence-electron chi connectivity index (χ4n) is 1.65. The minimum Gasteiger partial charge on any atom is -0.296 e. The quantitative estimate of drug-likeness (QED) is 0.922. The third-order valence-electron chi connectivity index (χ3n) is 2.90. The van der Waals surface area contributed by atoms with Crippen LogP contribution in [0.5, 0.6) is 0 Å². The van der Waals surface area contributed by atoms with Crippen LogP contribution in [-0.4, -0.2) is 16.1 Å². The van der Waals surface area contributed by atoms with Gasteiger partial charge in [0.2, 0.25) is 5.13 Å². The van der Waals surface area contributed by atoms with E-state index < -0.39 is 0 Å². The van der Waals surface area contributed by atoms with Crippen molar-refractivity contribution in [2.75, 3.05) is 5.32 Å². The molecule has 1 amide bonds. The summed E-state index contributed by atoms with van der Waals surface area (Å²) in [7, 11) is 0. The first-order valence-electron chi connectivity index (χ1n) is 5.94. The van der Waals surface area contributed by atoms with Crippen molar-refractivity contribution in [3.05, 3.63) is 40.4 Å². The van der Waals surface area contributed by atoms with Gasteiger partial charge in [-0.15, -0.1) is 10.2 Å². The number of aryl methyl sites for hydroxylation is 1. The van der Waals surface area contributed by atoms with Crippen molar-refractivity contribution in [2.45, 2.75) is 25.7 Å². The first kappa shape index (κ1) is 11.3. The number of carbonyl (C=O) groups excluding carboxylic acids is 1. The van der Waals surface area contributed by atoms with Gasteiger partial charge in [0.1, 0.15) is 5.01 Å². The Kier molecular flexibility index (Phi) is 2.83. The van der Waals surface area contributed by atoms with E-state index in [1.54, 1.807) is 0 Å². The number of amides is 1. The van der Waals surface area contributed by atoms with Gasteiger partial charge in [0, 0.05) is 11.5 Å². The van der Waals surface area contributed by atoms with E-state index in [9.17, 15) is 4.79 Å². The Morgan fingerprint density at radius 3 is 2.67 bits per heavy atom. The van der Waals surface area contributed by atoms with Gasteiger partial charge in [0.15, 0.2) is 0 Å². The number of nitrogens with zero attached hydrogens (tertiary/aromatic N) is 2. The van der Waals surface area contributed by atoms with Gasteiger partial charge in [-0.05, 0) is 31.9 Å². The normalized spacial score (nSPS) is 14.5. The standard InChI is InChI=1S/C13H13N3OS/c1-8-2-4-9(5-3-8)11(17)14-13-16-15-12(18-13)10-6-7-10/h2-5,10H,6-7H2,1H3,(H,14,16,17). The molecular formula is C13H13N3OS. The van der Waals surface area contributed by atoms with Gasteiger partial charge in [0.05, 0.1) is 0 Å². The molecule has 0 saturated heterocycles. The first-order chi connectivity index (χ1) is 8.72. The van der Waals surface area contributed by atoms with Gasteiger partial charge in [-0.2, -0.15) is 0 Å². The number of hydrogen-bond acceptors (Lipinski definition) is 4. The fraction of sp³-hybridized carbons (Fsp3) is 0.308. The predicted molar refractivity (Wildman–Crippen MR) is 71.0 cm³/mol. The summed E-state index contributed by atoms with van der Waals surface area (Å²) < 4.78 is 0. The average Bonchev–Trinajstić information content (AvgIpc) is 3.11. The molecule has 1 saturated carbocycles. The molecule has 2 aromatic rings. The summed E-state index contributed by atoms with van der Waals surface area (Å²) in [4.78, 5) is 11.9. The van der Waals surface area contributed by atoms with Crippen LogP contribution in [0.4, 0.5) is 5.13 Å². The molecule has 5 heteroatoms. The lowest BCUT2D eigenvalue weighted by atomic mass is 10.1. The van der Waals surface area contributed by atoms with Crippen LogP contribution < -0.4 is 5.32 Å². The molecule has 0 unspecified atom stereocenters. The SMILES string of the molecule is Cc1ccc(C(=O)Nc2nnc(C3CC3)s2)cc1. The topological polar surface area (TPSA) is 54.9 Å². The van der Waals surface area contributed by atoms with Gasteiger partial charge >= 0.3 is 0 Å². The van der Waals surface area contributed by atoms with Gasteiger partial charge in [-0.25, -0.2) is 0 Å². The molecule has 0 spiro atoms. The van der Waals surface area contributed by atoms with Crippen LogP contribution in [0.3, 0.4) is 0 Å². The van der Waals surface area contributed by atoms with Crippen molar-refractivity contribution in [3.8, 4) is 0 Å². The Morgan fingerprint density at radius 1 is 1.28 bits per heavy atom. The maximum Gasteiger partial charge on any atom is 0.257 e. The monoisotopic (exact) mass is 259 g/mol. The number of hydrogen-bond donors (Lipinski definition) is 1. The van der Waals surface area contributed by atoms with E-state index in [0.29, 0.717) is 16.6 Å². The van der Waals surface area contributed by atoms with E-state index in [4.69, 9.17) is 0 Å². The second kappa shape index (κ2) is 4.49. The highest BCUT2D eigenvalue weighted by Crippen LogP contribution is 2.42. The number of anilines is 1. The molecule has 3 rings (SSSR count). The molecular weight excluding hydrogens is 246 g/mol. The van der Waals surface area contributed by atoms with Crippen LogP contribution in [0.1, 0.15) is 39.7 Å². The smallest absolute Gasteiger partial charge is 0.257 e. The molecule has 0 bridgehead atoms. The van der Waals surface area contributed by atoms with Crippen molar-refractivity contribution in [2.24, 2.45) is 0 Å². The lowest BCUT2D eigenvalue weighted by Gasteiger charge is -2.01. The lowest BCUT2D eigenvalue weighted by molar-refractivity contribution is 0.102. The molecule has 1 N–H and O–H groups in total. The summed E-state index contributed by atoms with van der Waals surface area (Å²) in [5.41, 5.74) is 1.78. The van der Waals surface area contributed by atoms with E-state index in [0.717, 1.165) is 10.6 Å². The summed E-state index contributed by atoms with van der Waals surface area (Å²) in [6.45, 7) is 1.99. The zero-order chi connectivity index (χ0) is 12.5. The van der Waals surface area contributed by atoms with Crippen LogP contribution in [0.2, 0.25) is 0 Å². The molecule has 0 radical (unpaired) electrons. The Morgan fingerprint density at radius 2 is 2.00 bits per heavy atom. The molecule has 1 heterocycles. The lowest BCUT2D eigenvalue weighted by Crippen LogP contribution is -2.11. The van der Waals surface area contributed by atoms with Gasteiger partial charge in [-0.3, -0.25) is 10.1 Å². The number of aromatic nitrogens is 2. The highest BCUT2D eigenvalue weighted by Gasteiger charge is 2.27. The largest absolute Gasteiger partial charge is 0.296 e. The van der Waals surface area contributed by atoms with Gasteiger partial charge < -0.3 is 0 Å². The van der Waals surface area contributed by atoms with Crippen molar-refractivity contribution in [3.63, 3.8) is 0 Å². The van der Waals surface area contributed by atoms with E-state index in [1.165, 1.54) is 24.2 Å². The molecule has 4 nitrogen and oxygen atoms in total. The number of nitrogens with one attached hydrogen (secondary N) is 1. The van der Waals surface area contributed by atoms with Crippen LogP contribution >= 0.6 is 11.3 Å². The minimum absolute atomic E-state index is 0.131. The molecule has 0 aliphatic heterocycles. The van der Waals surface area contributed by atoms with E-state index in [1.807, 2.05) is 31.2 Å². The van der Waals surface area contributed by atoms with Crippen LogP contribution in [0.25, 0.3) is 0 Å². The number of carbonyl (C=O) groups is 1. The van der Waals surface area contributed by atoms with Crippen LogP contribution in [-0.2, 0) is 0 Å². The second-order valence-corrected chi connectivity index (χ2v) is 5.55. The average molecular weight is 259 g/mol. The first-order valence-corrected chi connectivity index (χ1v) is 6.75. The van der Waals surface area contributed by atoms with Gasteiger partial charge in [0.25, 0.3) is 5.91 Å².